The molecule has 0 spiro atoms. The second-order valence-corrected chi connectivity index (χ2v) is 5.73. The van der Waals surface area contributed by atoms with Crippen LogP contribution in [0.5, 0.6) is 11.5 Å². The van der Waals surface area contributed by atoms with Crippen molar-refractivity contribution < 1.29 is 9.47 Å². The van der Waals surface area contributed by atoms with Crippen LogP contribution in [-0.4, -0.2) is 13.2 Å². The van der Waals surface area contributed by atoms with Crippen LogP contribution in [0.2, 0.25) is 0 Å². The Kier molecular flexibility index (Phi) is 3.18. The van der Waals surface area contributed by atoms with Crippen LogP contribution in [0.3, 0.4) is 0 Å². The van der Waals surface area contributed by atoms with Gasteiger partial charge in [-0.1, -0.05) is 24.3 Å². The zero-order valence-corrected chi connectivity index (χ0v) is 12.0. The second-order valence-electron chi connectivity index (χ2n) is 5.73. The van der Waals surface area contributed by atoms with E-state index in [1.807, 2.05) is 18.2 Å². The smallest absolute Gasteiger partial charge is 0.163 e. The number of nitrogens with one attached hydrogen (secondary N) is 1. The highest BCUT2D eigenvalue weighted by atomic mass is 16.6. The fourth-order valence-electron chi connectivity index (χ4n) is 2.68. The van der Waals surface area contributed by atoms with Crippen molar-refractivity contribution >= 4 is 5.69 Å². The molecule has 2 aromatic rings. The first kappa shape index (κ1) is 12.6. The molecule has 0 aromatic heterocycles. The third kappa shape index (κ3) is 2.82. The summed E-state index contributed by atoms with van der Waals surface area (Å²) < 4.78 is 11.1. The molecule has 2 aromatic carbocycles. The lowest BCUT2D eigenvalue weighted by Crippen LogP contribution is -2.15. The first-order valence-electron chi connectivity index (χ1n) is 7.61. The zero-order chi connectivity index (χ0) is 14.1. The fourth-order valence-corrected chi connectivity index (χ4v) is 2.68. The van der Waals surface area contributed by atoms with Gasteiger partial charge in [-0.2, -0.15) is 0 Å². The number of fused-ring (bicyclic) bond motifs is 1. The highest BCUT2D eigenvalue weighted by Crippen LogP contribution is 2.40. The maximum Gasteiger partial charge on any atom is 0.163 e. The van der Waals surface area contributed by atoms with Crippen molar-refractivity contribution in [2.45, 2.75) is 25.3 Å². The molecule has 1 aliphatic carbocycles. The maximum atomic E-state index is 5.60. The molecular weight excluding hydrogens is 262 g/mol. The summed E-state index contributed by atoms with van der Waals surface area (Å²) in [6.07, 6.45) is 2.71. The van der Waals surface area contributed by atoms with Crippen LogP contribution in [0.1, 0.15) is 29.9 Å². The Morgan fingerprint density at radius 2 is 1.67 bits per heavy atom. The van der Waals surface area contributed by atoms with Gasteiger partial charge < -0.3 is 14.8 Å². The van der Waals surface area contributed by atoms with E-state index < -0.39 is 0 Å². The molecule has 3 heteroatoms. The zero-order valence-electron chi connectivity index (χ0n) is 12.0. The van der Waals surface area contributed by atoms with Crippen molar-refractivity contribution in [2.24, 2.45) is 0 Å². The number of rotatable bonds is 4. The van der Waals surface area contributed by atoms with E-state index in [4.69, 9.17) is 9.47 Å². The van der Waals surface area contributed by atoms with E-state index in [-0.39, 0.29) is 0 Å². The van der Waals surface area contributed by atoms with E-state index in [9.17, 15) is 0 Å². The Balaban J connectivity index is 1.41. The van der Waals surface area contributed by atoms with Crippen molar-refractivity contribution in [1.29, 1.82) is 0 Å². The molecule has 1 aliphatic heterocycles. The minimum absolute atomic E-state index is 0.624. The van der Waals surface area contributed by atoms with Gasteiger partial charge in [0.1, 0.15) is 13.2 Å². The SMILES string of the molecule is c1cc(C2CC2)ccc1CNc1ccc2c(c1)OCCO2. The highest BCUT2D eigenvalue weighted by Gasteiger charge is 2.22. The first-order valence-corrected chi connectivity index (χ1v) is 7.61. The molecule has 2 aliphatic rings. The summed E-state index contributed by atoms with van der Waals surface area (Å²) in [6.45, 7) is 2.08. The standard InChI is InChI=1S/C18H19NO2/c1-3-14(15-5-6-15)4-2-13(1)12-19-16-7-8-17-18(11-16)21-10-9-20-17/h1-4,7-8,11,15,19H,5-6,9-10,12H2. The lowest BCUT2D eigenvalue weighted by Gasteiger charge is -2.19. The lowest BCUT2D eigenvalue weighted by molar-refractivity contribution is 0.171. The van der Waals surface area contributed by atoms with E-state index in [1.165, 1.54) is 24.0 Å². The average Bonchev–Trinajstić information content (AvgIpc) is 3.38. The lowest BCUT2D eigenvalue weighted by atomic mass is 10.1. The van der Waals surface area contributed by atoms with E-state index in [0.29, 0.717) is 13.2 Å². The largest absolute Gasteiger partial charge is 0.486 e. The molecule has 0 radical (unpaired) electrons. The summed E-state index contributed by atoms with van der Waals surface area (Å²) in [7, 11) is 0. The number of hydrogen-bond acceptors (Lipinski definition) is 3. The van der Waals surface area contributed by atoms with Gasteiger partial charge in [0, 0.05) is 18.3 Å². The first-order chi connectivity index (χ1) is 10.4. The Bertz CT molecular complexity index is 632. The topological polar surface area (TPSA) is 30.5 Å². The number of ether oxygens (including phenoxy) is 2. The molecule has 0 unspecified atom stereocenters. The summed E-state index contributed by atoms with van der Waals surface area (Å²) in [6, 6.07) is 15.0. The average molecular weight is 281 g/mol. The predicted molar refractivity (Wildman–Crippen MR) is 83.2 cm³/mol. The maximum absolute atomic E-state index is 5.60. The molecule has 0 amide bonds. The van der Waals surface area contributed by atoms with Gasteiger partial charge in [-0.05, 0) is 42.0 Å². The Labute approximate surface area is 124 Å². The summed E-state index contributed by atoms with van der Waals surface area (Å²) >= 11 is 0. The molecule has 4 rings (SSSR count). The summed E-state index contributed by atoms with van der Waals surface area (Å²) in [5, 5.41) is 3.44. The van der Waals surface area contributed by atoms with Crippen molar-refractivity contribution in [1.82, 2.24) is 0 Å². The van der Waals surface area contributed by atoms with Crippen molar-refractivity contribution in [3.63, 3.8) is 0 Å². The molecule has 0 bridgehead atoms. The van der Waals surface area contributed by atoms with Crippen LogP contribution in [-0.2, 0) is 6.54 Å². The van der Waals surface area contributed by atoms with Crippen LogP contribution >= 0.6 is 0 Å². The number of anilines is 1. The van der Waals surface area contributed by atoms with Crippen LogP contribution in [0.4, 0.5) is 5.69 Å². The number of hydrogen-bond donors (Lipinski definition) is 1. The molecular formula is C18H19NO2. The monoisotopic (exact) mass is 281 g/mol. The van der Waals surface area contributed by atoms with Crippen LogP contribution in [0, 0.1) is 0 Å². The van der Waals surface area contributed by atoms with Gasteiger partial charge >= 0.3 is 0 Å². The number of benzene rings is 2. The van der Waals surface area contributed by atoms with Crippen molar-refractivity contribution in [3.8, 4) is 11.5 Å². The molecule has 1 fully saturated rings. The van der Waals surface area contributed by atoms with E-state index >= 15 is 0 Å². The van der Waals surface area contributed by atoms with Crippen LogP contribution < -0.4 is 14.8 Å². The Morgan fingerprint density at radius 3 is 2.43 bits per heavy atom. The van der Waals surface area contributed by atoms with E-state index in [2.05, 4.69) is 29.6 Å². The van der Waals surface area contributed by atoms with Gasteiger partial charge in [-0.25, -0.2) is 0 Å². The quantitative estimate of drug-likeness (QED) is 0.920. The fraction of sp³-hybridized carbons (Fsp3) is 0.333. The Morgan fingerprint density at radius 1 is 0.905 bits per heavy atom. The predicted octanol–water partition coefficient (Wildman–Crippen LogP) is 3.95. The van der Waals surface area contributed by atoms with Gasteiger partial charge in [-0.15, -0.1) is 0 Å². The van der Waals surface area contributed by atoms with Gasteiger partial charge in [0.05, 0.1) is 0 Å². The highest BCUT2D eigenvalue weighted by molar-refractivity contribution is 5.55. The van der Waals surface area contributed by atoms with E-state index in [1.54, 1.807) is 0 Å². The normalized spacial score (nSPS) is 16.6. The van der Waals surface area contributed by atoms with E-state index in [0.717, 1.165) is 29.6 Å². The molecule has 108 valence electrons. The van der Waals surface area contributed by atoms with Crippen molar-refractivity contribution in [3.05, 3.63) is 53.6 Å². The Hall–Kier alpha value is -2.16. The van der Waals surface area contributed by atoms with Gasteiger partial charge in [0.25, 0.3) is 0 Å². The van der Waals surface area contributed by atoms with Gasteiger partial charge in [0.15, 0.2) is 11.5 Å². The minimum atomic E-state index is 0.624. The molecule has 1 saturated carbocycles. The second kappa shape index (κ2) is 5.32. The summed E-state index contributed by atoms with van der Waals surface area (Å²) in [5.74, 6) is 2.49. The van der Waals surface area contributed by atoms with Gasteiger partial charge in [-0.3, -0.25) is 0 Å². The summed E-state index contributed by atoms with van der Waals surface area (Å²) in [4.78, 5) is 0. The van der Waals surface area contributed by atoms with Crippen LogP contribution in [0.15, 0.2) is 42.5 Å². The minimum Gasteiger partial charge on any atom is -0.486 e. The molecule has 1 heterocycles. The molecule has 3 nitrogen and oxygen atoms in total. The summed E-state index contributed by atoms with van der Waals surface area (Å²) in [5.41, 5.74) is 3.85. The third-order valence-electron chi connectivity index (χ3n) is 4.07. The molecule has 21 heavy (non-hydrogen) atoms. The van der Waals surface area contributed by atoms with Gasteiger partial charge in [0.2, 0.25) is 0 Å². The third-order valence-corrected chi connectivity index (χ3v) is 4.07. The molecule has 0 saturated heterocycles. The molecule has 1 N–H and O–H groups in total. The van der Waals surface area contributed by atoms with Crippen molar-refractivity contribution in [2.75, 3.05) is 18.5 Å². The molecule has 0 atom stereocenters. The van der Waals surface area contributed by atoms with Crippen LogP contribution in [0.25, 0.3) is 0 Å².